The van der Waals surface area contributed by atoms with Gasteiger partial charge in [0.2, 0.25) is 0 Å². The highest BCUT2D eigenvalue weighted by Crippen LogP contribution is 2.16. The maximum atomic E-state index is 10.9. The minimum atomic E-state index is -0.976. The largest absolute Gasteiger partial charge is 0.441 e. The van der Waals surface area contributed by atoms with E-state index in [1.807, 2.05) is 18.2 Å². The van der Waals surface area contributed by atoms with E-state index in [1.54, 1.807) is 6.92 Å². The fraction of sp³-hybridized carbons (Fsp3) is 0.250. The van der Waals surface area contributed by atoms with E-state index in [0.717, 1.165) is 11.1 Å². The summed E-state index contributed by atoms with van der Waals surface area (Å²) in [6, 6.07) is 5.63. The number of amides is 2. The van der Waals surface area contributed by atoms with Crippen molar-refractivity contribution >= 4 is 22.9 Å². The van der Waals surface area contributed by atoms with Crippen LogP contribution in [-0.4, -0.2) is 23.3 Å². The number of aryl methyl sites for hydroxylation is 1. The summed E-state index contributed by atoms with van der Waals surface area (Å²) < 4.78 is 5.40. The van der Waals surface area contributed by atoms with Crippen LogP contribution in [0.4, 0.5) is 0 Å². The molecule has 6 heteroatoms. The molecule has 0 saturated heterocycles. The van der Waals surface area contributed by atoms with Gasteiger partial charge in [0.15, 0.2) is 11.5 Å². The molecule has 0 unspecified atom stereocenters. The summed E-state index contributed by atoms with van der Waals surface area (Å²) in [4.78, 5) is 25.6. The number of hydrogen-bond acceptors (Lipinski definition) is 4. The van der Waals surface area contributed by atoms with Crippen LogP contribution in [0.25, 0.3) is 11.1 Å². The first kappa shape index (κ1) is 12.1. The van der Waals surface area contributed by atoms with Gasteiger partial charge in [0.1, 0.15) is 5.52 Å². The van der Waals surface area contributed by atoms with Crippen LogP contribution in [-0.2, 0) is 16.0 Å². The first-order chi connectivity index (χ1) is 8.56. The Labute approximate surface area is 103 Å². The molecule has 0 aliphatic heterocycles. The molecule has 0 bridgehead atoms. The van der Waals surface area contributed by atoms with E-state index in [-0.39, 0.29) is 0 Å². The van der Waals surface area contributed by atoms with Crippen LogP contribution in [0.15, 0.2) is 22.6 Å². The summed E-state index contributed by atoms with van der Waals surface area (Å²) in [6.45, 7) is 2.13. The molecule has 94 valence electrons. The monoisotopic (exact) mass is 247 g/mol. The molecular weight excluding hydrogens is 234 g/mol. The molecule has 3 N–H and O–H groups in total. The minimum Gasteiger partial charge on any atom is -0.441 e. The number of nitrogens with zero attached hydrogens (tertiary/aromatic N) is 1. The van der Waals surface area contributed by atoms with Gasteiger partial charge < -0.3 is 15.5 Å². The molecular formula is C12H13N3O3. The van der Waals surface area contributed by atoms with E-state index < -0.39 is 11.8 Å². The average Bonchev–Trinajstić information content (AvgIpc) is 2.68. The third-order valence-electron chi connectivity index (χ3n) is 2.48. The number of carbonyl (C=O) groups is 2. The van der Waals surface area contributed by atoms with Crippen LogP contribution in [0.5, 0.6) is 0 Å². The summed E-state index contributed by atoms with van der Waals surface area (Å²) in [5.74, 6) is -1.13. The SMILES string of the molecule is Cc1nc2ccc(CCNC(=O)C(N)=O)cc2o1. The molecule has 0 aliphatic carbocycles. The molecule has 0 atom stereocenters. The molecule has 0 saturated carbocycles. The molecule has 2 amide bonds. The lowest BCUT2D eigenvalue weighted by Crippen LogP contribution is -2.37. The molecule has 0 radical (unpaired) electrons. The second-order valence-electron chi connectivity index (χ2n) is 3.91. The maximum Gasteiger partial charge on any atom is 0.309 e. The number of aromatic nitrogens is 1. The molecule has 2 aromatic rings. The van der Waals surface area contributed by atoms with Gasteiger partial charge in [0.25, 0.3) is 0 Å². The van der Waals surface area contributed by atoms with Gasteiger partial charge in [-0.15, -0.1) is 0 Å². The quantitative estimate of drug-likeness (QED) is 0.761. The number of hydrogen-bond donors (Lipinski definition) is 2. The van der Waals surface area contributed by atoms with E-state index in [1.165, 1.54) is 0 Å². The van der Waals surface area contributed by atoms with Crippen LogP contribution in [0.3, 0.4) is 0 Å². The molecule has 1 aromatic heterocycles. The zero-order valence-electron chi connectivity index (χ0n) is 9.90. The van der Waals surface area contributed by atoms with Gasteiger partial charge in [-0.2, -0.15) is 0 Å². The highest BCUT2D eigenvalue weighted by Gasteiger charge is 2.07. The molecule has 6 nitrogen and oxygen atoms in total. The van der Waals surface area contributed by atoms with Gasteiger partial charge in [-0.1, -0.05) is 6.07 Å². The topological polar surface area (TPSA) is 98.2 Å². The van der Waals surface area contributed by atoms with Crippen molar-refractivity contribution in [3.8, 4) is 0 Å². The van der Waals surface area contributed by atoms with Crippen molar-refractivity contribution in [2.24, 2.45) is 5.73 Å². The van der Waals surface area contributed by atoms with Crippen LogP contribution in [0.1, 0.15) is 11.5 Å². The van der Waals surface area contributed by atoms with Crippen molar-refractivity contribution < 1.29 is 14.0 Å². The minimum absolute atomic E-state index is 0.348. The number of carbonyl (C=O) groups excluding carboxylic acids is 2. The van der Waals surface area contributed by atoms with Crippen molar-refractivity contribution in [3.05, 3.63) is 29.7 Å². The van der Waals surface area contributed by atoms with Gasteiger partial charge in [0, 0.05) is 13.5 Å². The zero-order chi connectivity index (χ0) is 13.1. The van der Waals surface area contributed by atoms with E-state index in [0.29, 0.717) is 24.4 Å². The van der Waals surface area contributed by atoms with Gasteiger partial charge >= 0.3 is 11.8 Å². The highest BCUT2D eigenvalue weighted by atomic mass is 16.3. The van der Waals surface area contributed by atoms with E-state index in [4.69, 9.17) is 10.2 Å². The normalized spacial score (nSPS) is 10.5. The predicted molar refractivity (Wildman–Crippen MR) is 64.7 cm³/mol. The van der Waals surface area contributed by atoms with Crippen molar-refractivity contribution in [2.75, 3.05) is 6.54 Å². The molecule has 2 rings (SSSR count). The second-order valence-corrected chi connectivity index (χ2v) is 3.91. The number of nitrogens with one attached hydrogen (secondary N) is 1. The second kappa shape index (κ2) is 4.87. The summed E-state index contributed by atoms with van der Waals surface area (Å²) in [5.41, 5.74) is 7.32. The highest BCUT2D eigenvalue weighted by molar-refractivity contribution is 6.34. The Morgan fingerprint density at radius 3 is 2.94 bits per heavy atom. The first-order valence-corrected chi connectivity index (χ1v) is 5.50. The molecule has 0 spiro atoms. The fourth-order valence-electron chi connectivity index (χ4n) is 1.65. The predicted octanol–water partition coefficient (Wildman–Crippen LogP) is 0.280. The molecule has 18 heavy (non-hydrogen) atoms. The number of oxazole rings is 1. The van der Waals surface area contributed by atoms with Crippen LogP contribution in [0, 0.1) is 6.92 Å². The average molecular weight is 247 g/mol. The zero-order valence-corrected chi connectivity index (χ0v) is 9.90. The summed E-state index contributed by atoms with van der Waals surface area (Å²) >= 11 is 0. The smallest absolute Gasteiger partial charge is 0.309 e. The van der Waals surface area contributed by atoms with Gasteiger partial charge in [-0.3, -0.25) is 9.59 Å². The molecule has 1 aromatic carbocycles. The van der Waals surface area contributed by atoms with Gasteiger partial charge in [0.05, 0.1) is 0 Å². The summed E-state index contributed by atoms with van der Waals surface area (Å²) in [6.07, 6.45) is 0.592. The third-order valence-corrected chi connectivity index (χ3v) is 2.48. The van der Waals surface area contributed by atoms with Crippen LogP contribution >= 0.6 is 0 Å². The van der Waals surface area contributed by atoms with Gasteiger partial charge in [-0.05, 0) is 24.1 Å². The molecule has 0 aliphatic rings. The standard InChI is InChI=1S/C12H13N3O3/c1-7-15-9-3-2-8(6-10(9)18-7)4-5-14-12(17)11(13)16/h2-3,6H,4-5H2,1H3,(H2,13,16)(H,14,17). The van der Waals surface area contributed by atoms with Crippen LogP contribution < -0.4 is 11.1 Å². The Balaban J connectivity index is 1.99. The Hall–Kier alpha value is -2.37. The van der Waals surface area contributed by atoms with E-state index >= 15 is 0 Å². The van der Waals surface area contributed by atoms with Crippen molar-refractivity contribution in [1.29, 1.82) is 0 Å². The number of primary amides is 1. The number of rotatable bonds is 3. The molecule has 0 fully saturated rings. The van der Waals surface area contributed by atoms with Crippen molar-refractivity contribution in [1.82, 2.24) is 10.3 Å². The Morgan fingerprint density at radius 1 is 1.44 bits per heavy atom. The number of benzene rings is 1. The Morgan fingerprint density at radius 2 is 2.22 bits per heavy atom. The first-order valence-electron chi connectivity index (χ1n) is 5.50. The van der Waals surface area contributed by atoms with Gasteiger partial charge in [-0.25, -0.2) is 4.98 Å². The Bertz CT molecular complexity index is 604. The lowest BCUT2D eigenvalue weighted by Gasteiger charge is -2.02. The fourth-order valence-corrected chi connectivity index (χ4v) is 1.65. The van der Waals surface area contributed by atoms with E-state index in [9.17, 15) is 9.59 Å². The van der Waals surface area contributed by atoms with Crippen molar-refractivity contribution in [2.45, 2.75) is 13.3 Å². The van der Waals surface area contributed by atoms with E-state index in [2.05, 4.69) is 10.3 Å². The summed E-state index contributed by atoms with van der Waals surface area (Å²) in [5, 5.41) is 2.42. The number of nitrogens with two attached hydrogens (primary N) is 1. The lowest BCUT2D eigenvalue weighted by atomic mass is 10.1. The van der Waals surface area contributed by atoms with Crippen LogP contribution in [0.2, 0.25) is 0 Å². The summed E-state index contributed by atoms with van der Waals surface area (Å²) in [7, 11) is 0. The Kier molecular flexibility index (Phi) is 3.27. The number of fused-ring (bicyclic) bond motifs is 1. The lowest BCUT2D eigenvalue weighted by molar-refractivity contribution is -0.137. The molecule has 1 heterocycles. The van der Waals surface area contributed by atoms with Crippen molar-refractivity contribution in [3.63, 3.8) is 0 Å². The third kappa shape index (κ3) is 2.65. The maximum absolute atomic E-state index is 10.9.